The zero-order valence-corrected chi connectivity index (χ0v) is 27.0. The summed E-state index contributed by atoms with van der Waals surface area (Å²) in [5.74, 6) is 0.675. The van der Waals surface area contributed by atoms with Crippen LogP contribution in [0.5, 0.6) is 0 Å². The standard InChI is InChI=1S/C46H29N3O/c1-3-12-33(13-4-1)43-45-44(48-46(47-43)34-14-5-2-6-15-34)42-36(18-11-21-41(42)50-45)32-24-22-30(23-25-32)31-26-28-35(29-27-31)49-39-19-9-7-16-37(39)38-17-8-10-20-40(38)49/h1-29H. The van der Waals surface area contributed by atoms with Crippen molar-refractivity contribution < 1.29 is 4.42 Å². The second-order valence-electron chi connectivity index (χ2n) is 12.6. The molecular formula is C46H29N3O. The quantitative estimate of drug-likeness (QED) is 0.188. The lowest BCUT2D eigenvalue weighted by Crippen LogP contribution is -1.94. The number of para-hydroxylation sites is 2. The molecule has 0 amide bonds. The highest BCUT2D eigenvalue weighted by Crippen LogP contribution is 2.40. The summed E-state index contributed by atoms with van der Waals surface area (Å²) < 4.78 is 8.90. The van der Waals surface area contributed by atoms with Crippen molar-refractivity contribution in [1.82, 2.24) is 14.5 Å². The Bertz CT molecular complexity index is 2780. The van der Waals surface area contributed by atoms with Gasteiger partial charge in [0.25, 0.3) is 0 Å². The third kappa shape index (κ3) is 4.54. The van der Waals surface area contributed by atoms with E-state index in [0.29, 0.717) is 11.4 Å². The number of furan rings is 1. The van der Waals surface area contributed by atoms with Gasteiger partial charge in [-0.25, -0.2) is 9.97 Å². The van der Waals surface area contributed by atoms with E-state index < -0.39 is 0 Å². The summed E-state index contributed by atoms with van der Waals surface area (Å²) in [5, 5.41) is 3.52. The summed E-state index contributed by atoms with van der Waals surface area (Å²) in [6.07, 6.45) is 0. The molecule has 0 N–H and O–H groups in total. The van der Waals surface area contributed by atoms with E-state index in [1.54, 1.807) is 0 Å². The first-order valence-corrected chi connectivity index (χ1v) is 16.8. The first-order chi connectivity index (χ1) is 24.8. The van der Waals surface area contributed by atoms with E-state index in [9.17, 15) is 0 Å². The molecular weight excluding hydrogens is 611 g/mol. The highest BCUT2D eigenvalue weighted by Gasteiger charge is 2.20. The highest BCUT2D eigenvalue weighted by molar-refractivity contribution is 6.13. The van der Waals surface area contributed by atoms with Crippen molar-refractivity contribution in [3.63, 3.8) is 0 Å². The second kappa shape index (κ2) is 11.4. The Morgan fingerprint density at radius 3 is 1.64 bits per heavy atom. The van der Waals surface area contributed by atoms with Crippen LogP contribution in [-0.4, -0.2) is 14.5 Å². The molecule has 0 unspecified atom stereocenters. The summed E-state index contributed by atoms with van der Waals surface area (Å²) >= 11 is 0. The van der Waals surface area contributed by atoms with Crippen molar-refractivity contribution in [3.8, 4) is 50.6 Å². The van der Waals surface area contributed by atoms with Crippen LogP contribution in [0.15, 0.2) is 180 Å². The largest absolute Gasteiger partial charge is 0.452 e. The third-order valence-electron chi connectivity index (χ3n) is 9.65. The van der Waals surface area contributed by atoms with Crippen molar-refractivity contribution in [3.05, 3.63) is 176 Å². The molecule has 3 aromatic heterocycles. The fourth-order valence-corrected chi connectivity index (χ4v) is 7.28. The van der Waals surface area contributed by atoms with Gasteiger partial charge < -0.3 is 8.98 Å². The van der Waals surface area contributed by atoms with Gasteiger partial charge in [0, 0.05) is 27.6 Å². The third-order valence-corrected chi connectivity index (χ3v) is 9.65. The molecule has 0 radical (unpaired) electrons. The Morgan fingerprint density at radius 2 is 0.980 bits per heavy atom. The molecule has 0 aliphatic heterocycles. The van der Waals surface area contributed by atoms with E-state index in [-0.39, 0.29) is 0 Å². The molecule has 0 atom stereocenters. The molecule has 4 nitrogen and oxygen atoms in total. The van der Waals surface area contributed by atoms with Crippen LogP contribution in [0, 0.1) is 0 Å². The van der Waals surface area contributed by atoms with Crippen LogP contribution in [-0.2, 0) is 0 Å². The van der Waals surface area contributed by atoms with Gasteiger partial charge in [-0.05, 0) is 52.6 Å². The van der Waals surface area contributed by atoms with Crippen LogP contribution in [0.25, 0.3) is 94.5 Å². The average Bonchev–Trinajstić information content (AvgIpc) is 3.74. The molecule has 0 saturated heterocycles. The molecule has 4 heteroatoms. The number of rotatable bonds is 5. The van der Waals surface area contributed by atoms with Crippen molar-refractivity contribution in [2.45, 2.75) is 0 Å². The van der Waals surface area contributed by atoms with Gasteiger partial charge in [-0.2, -0.15) is 0 Å². The van der Waals surface area contributed by atoms with Gasteiger partial charge in [0.15, 0.2) is 11.4 Å². The zero-order valence-electron chi connectivity index (χ0n) is 27.0. The van der Waals surface area contributed by atoms with E-state index in [1.165, 1.54) is 27.4 Å². The van der Waals surface area contributed by atoms with Gasteiger partial charge in [0.1, 0.15) is 16.8 Å². The minimum absolute atomic E-state index is 0.675. The van der Waals surface area contributed by atoms with E-state index in [2.05, 4.69) is 126 Å². The molecule has 10 rings (SSSR count). The van der Waals surface area contributed by atoms with Crippen molar-refractivity contribution in [2.24, 2.45) is 0 Å². The predicted molar refractivity (Wildman–Crippen MR) is 205 cm³/mol. The van der Waals surface area contributed by atoms with Crippen LogP contribution in [0.2, 0.25) is 0 Å². The van der Waals surface area contributed by atoms with Crippen LogP contribution >= 0.6 is 0 Å². The molecule has 10 aromatic rings. The molecule has 234 valence electrons. The number of benzene rings is 7. The summed E-state index contributed by atoms with van der Waals surface area (Å²) in [6, 6.07) is 61.5. The minimum atomic E-state index is 0.675. The van der Waals surface area contributed by atoms with Crippen molar-refractivity contribution in [1.29, 1.82) is 0 Å². The van der Waals surface area contributed by atoms with Gasteiger partial charge in [0.2, 0.25) is 0 Å². The Kier molecular flexibility index (Phi) is 6.46. The maximum atomic E-state index is 6.55. The fraction of sp³-hybridized carbons (Fsp3) is 0. The van der Waals surface area contributed by atoms with Crippen LogP contribution in [0.3, 0.4) is 0 Å². The lowest BCUT2D eigenvalue weighted by Gasteiger charge is -2.10. The Hall–Kier alpha value is -6.78. The maximum absolute atomic E-state index is 6.55. The van der Waals surface area contributed by atoms with Gasteiger partial charge in [-0.15, -0.1) is 0 Å². The van der Waals surface area contributed by atoms with Crippen molar-refractivity contribution >= 4 is 43.9 Å². The van der Waals surface area contributed by atoms with Crippen LogP contribution in [0.1, 0.15) is 0 Å². The average molecular weight is 640 g/mol. The predicted octanol–water partition coefficient (Wildman–Crippen LogP) is 12.1. The molecule has 0 spiro atoms. The number of fused-ring (bicyclic) bond motifs is 6. The van der Waals surface area contributed by atoms with E-state index in [0.717, 1.165) is 55.7 Å². The molecule has 7 aromatic carbocycles. The molecule has 0 aliphatic carbocycles. The number of aromatic nitrogens is 3. The monoisotopic (exact) mass is 639 g/mol. The smallest absolute Gasteiger partial charge is 0.180 e. The number of nitrogens with zero attached hydrogens (tertiary/aromatic N) is 3. The summed E-state index contributed by atoms with van der Waals surface area (Å²) in [4.78, 5) is 10.2. The van der Waals surface area contributed by atoms with Gasteiger partial charge in [-0.3, -0.25) is 0 Å². The minimum Gasteiger partial charge on any atom is -0.452 e. The molecule has 50 heavy (non-hydrogen) atoms. The Morgan fingerprint density at radius 1 is 0.420 bits per heavy atom. The Balaban J connectivity index is 1.06. The number of hydrogen-bond donors (Lipinski definition) is 0. The molecule has 0 aliphatic rings. The highest BCUT2D eigenvalue weighted by atomic mass is 16.3. The van der Waals surface area contributed by atoms with E-state index >= 15 is 0 Å². The van der Waals surface area contributed by atoms with Crippen LogP contribution in [0.4, 0.5) is 0 Å². The van der Waals surface area contributed by atoms with Crippen LogP contribution < -0.4 is 0 Å². The molecule has 0 fully saturated rings. The molecule has 0 saturated carbocycles. The molecule has 3 heterocycles. The lowest BCUT2D eigenvalue weighted by atomic mass is 9.97. The Labute approximate surface area is 288 Å². The maximum Gasteiger partial charge on any atom is 0.180 e. The van der Waals surface area contributed by atoms with Gasteiger partial charge in [0.05, 0.1) is 16.4 Å². The summed E-state index contributed by atoms with van der Waals surface area (Å²) in [7, 11) is 0. The summed E-state index contributed by atoms with van der Waals surface area (Å²) in [6.45, 7) is 0. The lowest BCUT2D eigenvalue weighted by molar-refractivity contribution is 0.667. The van der Waals surface area contributed by atoms with Gasteiger partial charge in [-0.1, -0.05) is 146 Å². The fourth-order valence-electron chi connectivity index (χ4n) is 7.28. The second-order valence-corrected chi connectivity index (χ2v) is 12.6. The topological polar surface area (TPSA) is 43.9 Å². The van der Waals surface area contributed by atoms with Gasteiger partial charge >= 0.3 is 0 Å². The first kappa shape index (κ1) is 28.3. The number of hydrogen-bond acceptors (Lipinski definition) is 3. The summed E-state index contributed by atoms with van der Waals surface area (Å²) in [5.41, 5.74) is 13.1. The normalized spacial score (nSPS) is 11.6. The first-order valence-electron chi connectivity index (χ1n) is 16.8. The zero-order chi connectivity index (χ0) is 33.0. The van der Waals surface area contributed by atoms with Crippen molar-refractivity contribution in [2.75, 3.05) is 0 Å². The van der Waals surface area contributed by atoms with E-state index in [4.69, 9.17) is 14.4 Å². The molecule has 0 bridgehead atoms. The SMILES string of the molecule is c1ccc(-c2nc(-c3ccccc3)c3oc4cccc(-c5ccc(-c6ccc(-n7c8ccccc8c8ccccc87)cc6)cc5)c4c3n2)cc1. The van der Waals surface area contributed by atoms with E-state index in [1.807, 2.05) is 54.6 Å².